The van der Waals surface area contributed by atoms with Crippen LogP contribution in [0.25, 0.3) is 0 Å². The molecule has 0 radical (unpaired) electrons. The Labute approximate surface area is 106 Å². The molecule has 106 valence electrons. The summed E-state index contributed by atoms with van der Waals surface area (Å²) in [5.74, 6) is -1.32. The Morgan fingerprint density at radius 2 is 1.83 bits per heavy atom. The normalized spacial score (nSPS) is 12.3. The smallest absolute Gasteiger partial charge is 0.421 e. The van der Waals surface area contributed by atoms with E-state index in [9.17, 15) is 18.0 Å². The number of amides is 1. The van der Waals surface area contributed by atoms with Gasteiger partial charge in [0, 0.05) is 6.54 Å². The zero-order valence-corrected chi connectivity index (χ0v) is 11.6. The molecule has 0 bridgehead atoms. The minimum Gasteiger partial charge on any atom is -0.480 e. The van der Waals surface area contributed by atoms with Gasteiger partial charge in [-0.1, -0.05) is 6.92 Å². The minimum atomic E-state index is -4.27. The first-order chi connectivity index (χ1) is 8.09. The summed E-state index contributed by atoms with van der Waals surface area (Å²) in [6, 6.07) is 0. The number of aliphatic carboxylic acids is 1. The van der Waals surface area contributed by atoms with Gasteiger partial charge >= 0.3 is 22.3 Å². The lowest BCUT2D eigenvalue weighted by molar-refractivity contribution is -0.146. The molecule has 18 heavy (non-hydrogen) atoms. The van der Waals surface area contributed by atoms with Gasteiger partial charge in [0.05, 0.1) is 6.61 Å². The molecule has 0 unspecified atom stereocenters. The van der Waals surface area contributed by atoms with Crippen LogP contribution in [-0.2, 0) is 19.7 Å². The molecular weight excluding hydrogens is 264 g/mol. The van der Waals surface area contributed by atoms with Crippen LogP contribution >= 0.6 is 0 Å². The molecule has 0 atom stereocenters. The van der Waals surface area contributed by atoms with Gasteiger partial charge in [-0.25, -0.2) is 9.52 Å². The van der Waals surface area contributed by atoms with Gasteiger partial charge < -0.3 is 9.84 Å². The number of nitrogens with one attached hydrogen (secondary N) is 1. The summed E-state index contributed by atoms with van der Waals surface area (Å²) in [5, 5.41) is 8.99. The van der Waals surface area contributed by atoms with Gasteiger partial charge in [-0.2, -0.15) is 12.7 Å². The van der Waals surface area contributed by atoms with E-state index in [1.54, 1.807) is 4.72 Å². The van der Waals surface area contributed by atoms with Crippen LogP contribution in [0, 0.1) is 0 Å². The molecule has 0 aromatic rings. The van der Waals surface area contributed by atoms with Gasteiger partial charge in [0.15, 0.2) is 0 Å². The van der Waals surface area contributed by atoms with Crippen molar-refractivity contribution in [1.29, 1.82) is 0 Å². The fourth-order valence-electron chi connectivity index (χ4n) is 1.29. The molecule has 1 amide bonds. The maximum Gasteiger partial charge on any atom is 0.421 e. The van der Waals surface area contributed by atoms with Gasteiger partial charge in [0.25, 0.3) is 0 Å². The van der Waals surface area contributed by atoms with Gasteiger partial charge in [-0.15, -0.1) is 0 Å². The Balaban J connectivity index is 5.18. The second kappa shape index (κ2) is 6.01. The second-order valence-electron chi connectivity index (χ2n) is 3.86. The lowest BCUT2D eigenvalue weighted by Gasteiger charge is -2.32. The molecule has 9 heteroatoms. The van der Waals surface area contributed by atoms with Crippen LogP contribution in [0.4, 0.5) is 4.79 Å². The standard InChI is InChI=1S/C9H18N2O6S/c1-5-11(9(3,4)7(12)13)18(15,16)10-8(14)17-6-2/h5-6H2,1-4H3,(H,10,14)(H,12,13). The summed E-state index contributed by atoms with van der Waals surface area (Å²) in [5.41, 5.74) is -1.67. The summed E-state index contributed by atoms with van der Waals surface area (Å²) in [7, 11) is -4.27. The van der Waals surface area contributed by atoms with E-state index in [0.717, 1.165) is 0 Å². The first kappa shape index (κ1) is 16.6. The maximum atomic E-state index is 11.8. The summed E-state index contributed by atoms with van der Waals surface area (Å²) in [4.78, 5) is 22.1. The van der Waals surface area contributed by atoms with Crippen molar-refractivity contribution in [3.63, 3.8) is 0 Å². The lowest BCUT2D eigenvalue weighted by Crippen LogP contribution is -2.57. The lowest BCUT2D eigenvalue weighted by atomic mass is 10.1. The Morgan fingerprint density at radius 1 is 1.33 bits per heavy atom. The number of carboxylic acid groups (broad SMARTS) is 1. The number of likely N-dealkylation sites (N-methyl/N-ethyl adjacent to an activating group) is 1. The van der Waals surface area contributed by atoms with Crippen LogP contribution in [0.15, 0.2) is 0 Å². The van der Waals surface area contributed by atoms with Crippen molar-refractivity contribution < 1.29 is 27.9 Å². The quantitative estimate of drug-likeness (QED) is 0.717. The largest absolute Gasteiger partial charge is 0.480 e. The highest BCUT2D eigenvalue weighted by Crippen LogP contribution is 2.18. The molecule has 0 aromatic carbocycles. The van der Waals surface area contributed by atoms with Crippen LogP contribution in [0.5, 0.6) is 0 Å². The zero-order chi connectivity index (χ0) is 14.6. The number of carbonyl (C=O) groups is 2. The monoisotopic (exact) mass is 282 g/mol. The number of nitrogens with zero attached hydrogens (tertiary/aromatic N) is 1. The predicted octanol–water partition coefficient (Wildman–Crippen LogP) is 0.162. The highest BCUT2D eigenvalue weighted by molar-refractivity contribution is 7.87. The first-order valence-corrected chi connectivity index (χ1v) is 6.74. The third kappa shape index (κ3) is 3.84. The number of carboxylic acids is 1. The fraction of sp³-hybridized carbons (Fsp3) is 0.778. The Kier molecular flexibility index (Phi) is 5.55. The van der Waals surface area contributed by atoms with Crippen LogP contribution in [-0.4, -0.2) is 48.6 Å². The number of ether oxygens (including phenoxy) is 1. The first-order valence-electron chi connectivity index (χ1n) is 5.30. The number of carbonyl (C=O) groups excluding carboxylic acids is 1. The fourth-order valence-corrected chi connectivity index (χ4v) is 2.69. The maximum absolute atomic E-state index is 11.8. The molecule has 0 saturated heterocycles. The van der Waals surface area contributed by atoms with Crippen molar-refractivity contribution >= 4 is 22.3 Å². The molecule has 0 rings (SSSR count). The van der Waals surface area contributed by atoms with E-state index in [1.807, 2.05) is 0 Å². The molecule has 2 N–H and O–H groups in total. The molecule has 0 aliphatic rings. The number of hydrogen-bond donors (Lipinski definition) is 2. The highest BCUT2D eigenvalue weighted by Gasteiger charge is 2.42. The van der Waals surface area contributed by atoms with Crippen molar-refractivity contribution in [3.8, 4) is 0 Å². The molecular formula is C9H18N2O6S. The van der Waals surface area contributed by atoms with Gasteiger partial charge in [-0.3, -0.25) is 4.79 Å². The summed E-state index contributed by atoms with van der Waals surface area (Å²) in [6.07, 6.45) is -1.14. The van der Waals surface area contributed by atoms with Gasteiger partial charge in [0.2, 0.25) is 0 Å². The van der Waals surface area contributed by atoms with Crippen LogP contribution in [0.1, 0.15) is 27.7 Å². The van der Waals surface area contributed by atoms with E-state index in [2.05, 4.69) is 4.74 Å². The predicted molar refractivity (Wildman–Crippen MR) is 63.2 cm³/mol. The Bertz CT molecular complexity index is 417. The minimum absolute atomic E-state index is 0.00972. The summed E-state index contributed by atoms with van der Waals surface area (Å²) in [6.45, 7) is 5.34. The zero-order valence-electron chi connectivity index (χ0n) is 10.8. The van der Waals surface area contributed by atoms with E-state index >= 15 is 0 Å². The topological polar surface area (TPSA) is 113 Å². The van der Waals surface area contributed by atoms with E-state index in [-0.39, 0.29) is 13.2 Å². The molecule has 0 aromatic heterocycles. The van der Waals surface area contributed by atoms with Crippen molar-refractivity contribution in [2.24, 2.45) is 0 Å². The van der Waals surface area contributed by atoms with Crippen molar-refractivity contribution in [2.75, 3.05) is 13.2 Å². The molecule has 0 saturated carbocycles. The van der Waals surface area contributed by atoms with E-state index in [0.29, 0.717) is 4.31 Å². The molecule has 8 nitrogen and oxygen atoms in total. The SMILES string of the molecule is CCOC(=O)NS(=O)(=O)N(CC)C(C)(C)C(=O)O. The van der Waals surface area contributed by atoms with Crippen LogP contribution < -0.4 is 4.72 Å². The third-order valence-corrected chi connectivity index (χ3v) is 3.93. The van der Waals surface area contributed by atoms with Crippen molar-refractivity contribution in [1.82, 2.24) is 9.03 Å². The van der Waals surface area contributed by atoms with Crippen LogP contribution in [0.3, 0.4) is 0 Å². The van der Waals surface area contributed by atoms with Crippen molar-refractivity contribution in [3.05, 3.63) is 0 Å². The van der Waals surface area contributed by atoms with E-state index < -0.39 is 27.8 Å². The highest BCUT2D eigenvalue weighted by atomic mass is 32.2. The van der Waals surface area contributed by atoms with Gasteiger partial charge in [0.1, 0.15) is 5.54 Å². The average molecular weight is 282 g/mol. The molecule has 0 aliphatic carbocycles. The molecule has 0 fully saturated rings. The van der Waals surface area contributed by atoms with E-state index in [4.69, 9.17) is 5.11 Å². The Hall–Kier alpha value is -1.35. The number of rotatable bonds is 6. The molecule has 0 heterocycles. The molecule has 0 aliphatic heterocycles. The van der Waals surface area contributed by atoms with Gasteiger partial charge in [-0.05, 0) is 20.8 Å². The summed E-state index contributed by atoms with van der Waals surface area (Å²) < 4.78 is 30.4. The Morgan fingerprint density at radius 3 is 2.17 bits per heavy atom. The van der Waals surface area contributed by atoms with Crippen LogP contribution in [0.2, 0.25) is 0 Å². The molecule has 0 spiro atoms. The van der Waals surface area contributed by atoms with Crippen molar-refractivity contribution in [2.45, 2.75) is 33.2 Å². The second-order valence-corrected chi connectivity index (χ2v) is 5.45. The number of hydrogen-bond acceptors (Lipinski definition) is 5. The summed E-state index contributed by atoms with van der Waals surface area (Å²) >= 11 is 0. The third-order valence-electron chi connectivity index (χ3n) is 2.21. The average Bonchev–Trinajstić information content (AvgIpc) is 2.16. The van der Waals surface area contributed by atoms with E-state index in [1.165, 1.54) is 27.7 Å².